The van der Waals surface area contributed by atoms with Crippen LogP contribution in [0.5, 0.6) is 0 Å². The smallest absolute Gasteiger partial charge is 0.268 e. The number of nitrogens with zero attached hydrogens (tertiary/aromatic N) is 4. The Kier molecular flexibility index (Phi) is 7.08. The molecule has 1 aliphatic heterocycles. The van der Waals surface area contributed by atoms with Crippen molar-refractivity contribution in [3.05, 3.63) is 10.6 Å². The molecule has 1 saturated heterocycles. The fraction of sp³-hybridized carbons (Fsp3) is 0.737. The van der Waals surface area contributed by atoms with Crippen LogP contribution in [0.2, 0.25) is 0 Å². The zero-order valence-corrected chi connectivity index (χ0v) is 17.9. The van der Waals surface area contributed by atoms with Gasteiger partial charge in [0.15, 0.2) is 5.78 Å². The maximum atomic E-state index is 13.2. The summed E-state index contributed by atoms with van der Waals surface area (Å²) in [5, 5.41) is 3.90. The number of carbonyl (C=O) groups is 3. The third kappa shape index (κ3) is 4.72. The van der Waals surface area contributed by atoms with Crippen LogP contribution in [-0.2, 0) is 9.59 Å². The van der Waals surface area contributed by atoms with Gasteiger partial charge in [-0.3, -0.25) is 14.4 Å². The quantitative estimate of drug-likeness (QED) is 0.710. The predicted molar refractivity (Wildman–Crippen MR) is 105 cm³/mol. The average Bonchev–Trinajstić information content (AvgIpc) is 3.25. The molecule has 0 N–H and O–H groups in total. The van der Waals surface area contributed by atoms with E-state index in [4.69, 9.17) is 0 Å². The SMILES string of the molecule is Cc1nnsc1C(=O)N1CCCC1C(=O)N(C)[C@H](CC(C)C)C(=O)C(C)C. The van der Waals surface area contributed by atoms with Gasteiger partial charge in [-0.05, 0) is 43.6 Å². The van der Waals surface area contributed by atoms with E-state index in [1.165, 1.54) is 0 Å². The first kappa shape index (κ1) is 21.5. The van der Waals surface area contributed by atoms with Crippen molar-refractivity contribution in [1.82, 2.24) is 19.4 Å². The number of rotatable bonds is 7. The zero-order chi connectivity index (χ0) is 20.3. The summed E-state index contributed by atoms with van der Waals surface area (Å²) < 4.78 is 3.83. The average molecular weight is 395 g/mol. The monoisotopic (exact) mass is 394 g/mol. The highest BCUT2D eigenvalue weighted by Crippen LogP contribution is 2.25. The predicted octanol–water partition coefficient (Wildman–Crippen LogP) is 2.55. The number of likely N-dealkylation sites (N-methyl/N-ethyl adjacent to an activating group) is 1. The Morgan fingerprint density at radius 2 is 1.93 bits per heavy atom. The first-order chi connectivity index (χ1) is 12.6. The second kappa shape index (κ2) is 8.91. The van der Waals surface area contributed by atoms with Gasteiger partial charge in [0, 0.05) is 19.5 Å². The van der Waals surface area contributed by atoms with Crippen molar-refractivity contribution in [3.8, 4) is 0 Å². The molecule has 7 nitrogen and oxygen atoms in total. The molecule has 8 heteroatoms. The van der Waals surface area contributed by atoms with E-state index in [0.29, 0.717) is 35.9 Å². The zero-order valence-electron chi connectivity index (χ0n) is 17.1. The Hall–Kier alpha value is -1.83. The lowest BCUT2D eigenvalue weighted by Crippen LogP contribution is -2.52. The van der Waals surface area contributed by atoms with E-state index < -0.39 is 12.1 Å². The Morgan fingerprint density at radius 3 is 2.44 bits per heavy atom. The third-order valence-electron chi connectivity index (χ3n) is 5.05. The Bertz CT molecular complexity index is 701. The van der Waals surface area contributed by atoms with E-state index in [-0.39, 0.29) is 23.5 Å². The van der Waals surface area contributed by atoms with Crippen molar-refractivity contribution >= 4 is 29.1 Å². The van der Waals surface area contributed by atoms with Crippen LogP contribution < -0.4 is 0 Å². The van der Waals surface area contributed by atoms with Crippen molar-refractivity contribution in [3.63, 3.8) is 0 Å². The lowest BCUT2D eigenvalue weighted by molar-refractivity contribution is -0.142. The number of aryl methyl sites for hydroxylation is 1. The first-order valence-electron chi connectivity index (χ1n) is 9.55. The van der Waals surface area contributed by atoms with E-state index in [2.05, 4.69) is 9.59 Å². The van der Waals surface area contributed by atoms with Gasteiger partial charge in [0.1, 0.15) is 10.9 Å². The number of hydrogen-bond acceptors (Lipinski definition) is 6. The van der Waals surface area contributed by atoms with Crippen LogP contribution in [0.1, 0.15) is 62.3 Å². The molecule has 1 aromatic heterocycles. The van der Waals surface area contributed by atoms with Gasteiger partial charge in [0.25, 0.3) is 5.91 Å². The van der Waals surface area contributed by atoms with Gasteiger partial charge in [-0.15, -0.1) is 5.10 Å². The summed E-state index contributed by atoms with van der Waals surface area (Å²) in [5.74, 6) is -0.132. The van der Waals surface area contributed by atoms with Crippen LogP contribution in [0.4, 0.5) is 0 Å². The van der Waals surface area contributed by atoms with Crippen molar-refractivity contribution in [2.24, 2.45) is 11.8 Å². The normalized spacial score (nSPS) is 18.2. The first-order valence-corrected chi connectivity index (χ1v) is 10.3. The topological polar surface area (TPSA) is 83.5 Å². The molecule has 2 rings (SSSR count). The van der Waals surface area contributed by atoms with Crippen LogP contribution in [0.15, 0.2) is 0 Å². The maximum Gasteiger partial charge on any atom is 0.268 e. The summed E-state index contributed by atoms with van der Waals surface area (Å²) in [5.41, 5.74) is 0.587. The highest BCUT2D eigenvalue weighted by Gasteiger charge is 2.40. The number of Topliss-reactive ketones (excluding diaryl/α,β-unsaturated/α-hetero) is 1. The molecule has 1 fully saturated rings. The Balaban J connectivity index is 2.21. The van der Waals surface area contributed by atoms with Gasteiger partial charge in [-0.2, -0.15) is 0 Å². The molecule has 0 spiro atoms. The van der Waals surface area contributed by atoms with Gasteiger partial charge in [0.05, 0.1) is 11.7 Å². The Labute approximate surface area is 165 Å². The van der Waals surface area contributed by atoms with Crippen LogP contribution in [0.25, 0.3) is 0 Å². The van der Waals surface area contributed by atoms with Gasteiger partial charge in [-0.25, -0.2) is 0 Å². The molecule has 2 heterocycles. The molecule has 27 heavy (non-hydrogen) atoms. The minimum atomic E-state index is -0.529. The summed E-state index contributed by atoms with van der Waals surface area (Å²) >= 11 is 1.06. The fourth-order valence-electron chi connectivity index (χ4n) is 3.51. The van der Waals surface area contributed by atoms with E-state index >= 15 is 0 Å². The lowest BCUT2D eigenvalue weighted by Gasteiger charge is -2.34. The second-order valence-electron chi connectivity index (χ2n) is 8.00. The fourth-order valence-corrected chi connectivity index (χ4v) is 4.12. The largest absolute Gasteiger partial charge is 0.334 e. The molecule has 1 aliphatic rings. The van der Waals surface area contributed by atoms with Crippen LogP contribution in [0, 0.1) is 18.8 Å². The third-order valence-corrected chi connectivity index (χ3v) is 5.87. The summed E-state index contributed by atoms with van der Waals surface area (Å²) in [6.45, 7) is 10.1. The molecule has 150 valence electrons. The molecule has 1 unspecified atom stereocenters. The van der Waals surface area contributed by atoms with Crippen molar-refractivity contribution in [2.75, 3.05) is 13.6 Å². The van der Waals surface area contributed by atoms with Gasteiger partial charge in [-0.1, -0.05) is 32.2 Å². The lowest BCUT2D eigenvalue weighted by atomic mass is 9.92. The van der Waals surface area contributed by atoms with Gasteiger partial charge < -0.3 is 9.80 Å². The molecule has 0 bridgehead atoms. The number of hydrogen-bond donors (Lipinski definition) is 0. The summed E-state index contributed by atoms with van der Waals surface area (Å²) in [7, 11) is 1.69. The molecule has 0 aliphatic carbocycles. The van der Waals surface area contributed by atoms with Crippen molar-refractivity contribution in [2.45, 2.75) is 66.0 Å². The van der Waals surface area contributed by atoms with Gasteiger partial charge >= 0.3 is 0 Å². The van der Waals surface area contributed by atoms with Crippen molar-refractivity contribution < 1.29 is 14.4 Å². The highest BCUT2D eigenvalue weighted by molar-refractivity contribution is 7.08. The molecular formula is C19H30N4O3S. The van der Waals surface area contributed by atoms with E-state index in [1.807, 2.05) is 27.7 Å². The summed E-state index contributed by atoms with van der Waals surface area (Å²) in [4.78, 5) is 42.5. The summed E-state index contributed by atoms with van der Waals surface area (Å²) in [6.07, 6.45) is 2.01. The Morgan fingerprint density at radius 1 is 1.26 bits per heavy atom. The van der Waals surface area contributed by atoms with Crippen molar-refractivity contribution in [1.29, 1.82) is 0 Å². The van der Waals surface area contributed by atoms with Gasteiger partial charge in [0.2, 0.25) is 5.91 Å². The standard InChI is InChI=1S/C19H30N4O3S/c1-11(2)10-15(16(24)12(3)4)22(6)18(25)14-8-7-9-23(14)19(26)17-13(5)20-21-27-17/h11-12,14-15H,7-10H2,1-6H3/t14?,15-/m1/s1. The number of carbonyl (C=O) groups excluding carboxylic acids is 3. The molecule has 2 amide bonds. The highest BCUT2D eigenvalue weighted by atomic mass is 32.1. The number of aromatic nitrogens is 2. The van der Waals surface area contributed by atoms with Crippen LogP contribution >= 0.6 is 11.5 Å². The molecular weight excluding hydrogens is 364 g/mol. The number of ketones is 1. The van der Waals surface area contributed by atoms with E-state index in [0.717, 1.165) is 18.0 Å². The molecule has 1 aromatic rings. The van der Waals surface area contributed by atoms with Crippen LogP contribution in [-0.4, -0.2) is 62.7 Å². The molecule has 0 saturated carbocycles. The minimum absolute atomic E-state index is 0.0675. The molecule has 0 aromatic carbocycles. The molecule has 2 atom stereocenters. The van der Waals surface area contributed by atoms with E-state index in [9.17, 15) is 14.4 Å². The maximum absolute atomic E-state index is 13.2. The second-order valence-corrected chi connectivity index (χ2v) is 8.75. The number of likely N-dealkylation sites (tertiary alicyclic amines) is 1. The number of amides is 2. The molecule has 0 radical (unpaired) electrons. The summed E-state index contributed by atoms with van der Waals surface area (Å²) in [6, 6.07) is -0.986. The van der Waals surface area contributed by atoms with E-state index in [1.54, 1.807) is 23.8 Å². The van der Waals surface area contributed by atoms with Crippen LogP contribution in [0.3, 0.4) is 0 Å². The minimum Gasteiger partial charge on any atom is -0.334 e.